The Bertz CT molecular complexity index is 1110. The van der Waals surface area contributed by atoms with Gasteiger partial charge in [0, 0.05) is 31.9 Å². The second kappa shape index (κ2) is 6.92. The summed E-state index contributed by atoms with van der Waals surface area (Å²) in [6, 6.07) is 14.0. The highest BCUT2D eigenvalue weighted by molar-refractivity contribution is 5.92. The van der Waals surface area contributed by atoms with E-state index in [1.165, 1.54) is 0 Å². The Morgan fingerprint density at radius 1 is 0.963 bits per heavy atom. The molecule has 0 aliphatic carbocycles. The van der Waals surface area contributed by atoms with Crippen molar-refractivity contribution in [1.29, 1.82) is 0 Å². The van der Waals surface area contributed by atoms with Crippen LogP contribution in [0.4, 0.5) is 11.6 Å². The van der Waals surface area contributed by atoms with Gasteiger partial charge in [0.05, 0.1) is 11.2 Å². The highest BCUT2D eigenvalue weighted by Gasteiger charge is 2.06. The number of hydrogen-bond donors (Lipinski definition) is 2. The highest BCUT2D eigenvalue weighted by atomic mass is 15.1. The van der Waals surface area contributed by atoms with E-state index < -0.39 is 0 Å². The molecule has 3 heterocycles. The molecular formula is C21H20N6. The Labute approximate surface area is 157 Å². The molecule has 0 spiro atoms. The van der Waals surface area contributed by atoms with Crippen molar-refractivity contribution >= 4 is 34.7 Å². The summed E-state index contributed by atoms with van der Waals surface area (Å²) in [4.78, 5) is 10.4. The molecule has 27 heavy (non-hydrogen) atoms. The van der Waals surface area contributed by atoms with Crippen LogP contribution < -0.4 is 10.6 Å². The third-order valence-corrected chi connectivity index (χ3v) is 4.37. The lowest BCUT2D eigenvalue weighted by Gasteiger charge is -2.10. The molecule has 3 N–H and O–H groups in total. The Kier molecular flexibility index (Phi) is 4.30. The molecule has 0 fully saturated rings. The fourth-order valence-corrected chi connectivity index (χ4v) is 2.91. The summed E-state index contributed by atoms with van der Waals surface area (Å²) in [5, 5.41) is 8.60. The van der Waals surface area contributed by atoms with Crippen molar-refractivity contribution in [2.24, 2.45) is 0 Å². The molecule has 0 bridgehead atoms. The third-order valence-electron chi connectivity index (χ3n) is 4.37. The van der Waals surface area contributed by atoms with Gasteiger partial charge in [0.1, 0.15) is 11.6 Å². The molecule has 0 saturated heterocycles. The van der Waals surface area contributed by atoms with Crippen LogP contribution >= 0.6 is 0 Å². The van der Waals surface area contributed by atoms with Gasteiger partial charge in [-0.15, -0.1) is 0 Å². The number of aromatic nitrogens is 4. The summed E-state index contributed by atoms with van der Waals surface area (Å²) >= 11 is 0. The van der Waals surface area contributed by atoms with E-state index in [0.29, 0.717) is 5.82 Å². The molecule has 4 rings (SSSR count). The van der Waals surface area contributed by atoms with Gasteiger partial charge in [-0.05, 0) is 59.2 Å². The number of H-pyrrole nitrogens is 1. The molecule has 6 heteroatoms. The monoisotopic (exact) mass is 356 g/mol. The van der Waals surface area contributed by atoms with Gasteiger partial charge < -0.3 is 10.6 Å². The first-order chi connectivity index (χ1) is 13.1. The van der Waals surface area contributed by atoms with E-state index in [0.717, 1.165) is 39.1 Å². The van der Waals surface area contributed by atoms with Crippen molar-refractivity contribution in [3.05, 3.63) is 66.1 Å². The van der Waals surface area contributed by atoms with Gasteiger partial charge in [-0.2, -0.15) is 5.10 Å². The molecule has 134 valence electrons. The highest BCUT2D eigenvalue weighted by Crippen LogP contribution is 2.26. The molecule has 0 saturated carbocycles. The topological polar surface area (TPSA) is 83.7 Å². The number of rotatable bonds is 4. The van der Waals surface area contributed by atoms with Crippen LogP contribution in [0, 0.1) is 0 Å². The molecule has 0 unspecified atom stereocenters. The lowest BCUT2D eigenvalue weighted by molar-refractivity contribution is 1.07. The zero-order valence-corrected chi connectivity index (χ0v) is 15.2. The number of anilines is 2. The normalized spacial score (nSPS) is 11.3. The molecule has 0 amide bonds. The van der Waals surface area contributed by atoms with Crippen LogP contribution in [0.3, 0.4) is 0 Å². The van der Waals surface area contributed by atoms with Crippen LogP contribution in [-0.2, 0) is 0 Å². The summed E-state index contributed by atoms with van der Waals surface area (Å²) in [6.07, 6.45) is 7.58. The van der Waals surface area contributed by atoms with Crippen molar-refractivity contribution < 1.29 is 0 Å². The molecule has 0 aliphatic heterocycles. The lowest BCUT2D eigenvalue weighted by atomic mass is 10.0. The number of benzene rings is 1. The SMILES string of the molecule is CN(C)c1ccc(/C=C/c2n[nH]c3cc(-c4ccnc(N)c4)ccc23)cn1. The third kappa shape index (κ3) is 3.50. The number of aromatic amines is 1. The molecule has 4 aromatic rings. The van der Waals surface area contributed by atoms with Crippen LogP contribution in [0.15, 0.2) is 54.9 Å². The van der Waals surface area contributed by atoms with Crippen LogP contribution in [0.2, 0.25) is 0 Å². The molecular weight excluding hydrogens is 336 g/mol. The van der Waals surface area contributed by atoms with E-state index in [2.05, 4.69) is 38.4 Å². The van der Waals surface area contributed by atoms with Crippen molar-refractivity contribution in [1.82, 2.24) is 20.2 Å². The second-order valence-corrected chi connectivity index (χ2v) is 6.52. The van der Waals surface area contributed by atoms with Gasteiger partial charge in [0.2, 0.25) is 0 Å². The largest absolute Gasteiger partial charge is 0.384 e. The number of nitrogens with zero attached hydrogens (tertiary/aromatic N) is 4. The van der Waals surface area contributed by atoms with E-state index in [-0.39, 0.29) is 0 Å². The van der Waals surface area contributed by atoms with E-state index in [4.69, 9.17) is 5.73 Å². The number of nitrogens with one attached hydrogen (secondary N) is 1. The predicted molar refractivity (Wildman–Crippen MR) is 111 cm³/mol. The molecule has 0 radical (unpaired) electrons. The van der Waals surface area contributed by atoms with Gasteiger partial charge in [-0.25, -0.2) is 9.97 Å². The zero-order chi connectivity index (χ0) is 18.8. The summed E-state index contributed by atoms with van der Waals surface area (Å²) in [5.74, 6) is 1.44. The fraction of sp³-hybridized carbons (Fsp3) is 0.0952. The van der Waals surface area contributed by atoms with Gasteiger partial charge >= 0.3 is 0 Å². The lowest BCUT2D eigenvalue weighted by Crippen LogP contribution is -2.09. The molecule has 0 atom stereocenters. The van der Waals surface area contributed by atoms with Crippen LogP contribution in [0.5, 0.6) is 0 Å². The van der Waals surface area contributed by atoms with Crippen molar-refractivity contribution in [3.8, 4) is 11.1 Å². The Morgan fingerprint density at radius 3 is 2.56 bits per heavy atom. The molecule has 1 aromatic carbocycles. The van der Waals surface area contributed by atoms with Crippen molar-refractivity contribution in [3.63, 3.8) is 0 Å². The fourth-order valence-electron chi connectivity index (χ4n) is 2.91. The Balaban J connectivity index is 1.61. The zero-order valence-electron chi connectivity index (χ0n) is 15.2. The standard InChI is InChI=1S/C21H20N6/c1-27(2)21-8-4-14(13-24-21)3-7-18-17-6-5-15(11-19(17)26-25-18)16-9-10-23-20(22)12-16/h3-13H,1-2H3,(H2,22,23)(H,25,26)/b7-3+. The number of hydrogen-bond acceptors (Lipinski definition) is 5. The maximum Gasteiger partial charge on any atom is 0.127 e. The minimum absolute atomic E-state index is 0.509. The van der Waals surface area contributed by atoms with Crippen LogP contribution in [0.25, 0.3) is 34.2 Å². The minimum atomic E-state index is 0.509. The first-order valence-electron chi connectivity index (χ1n) is 8.61. The van der Waals surface area contributed by atoms with Gasteiger partial charge in [0.25, 0.3) is 0 Å². The summed E-state index contributed by atoms with van der Waals surface area (Å²) in [7, 11) is 3.95. The average molecular weight is 356 g/mol. The van der Waals surface area contributed by atoms with E-state index >= 15 is 0 Å². The number of pyridine rings is 2. The van der Waals surface area contributed by atoms with E-state index in [1.54, 1.807) is 6.20 Å². The van der Waals surface area contributed by atoms with Crippen LogP contribution in [-0.4, -0.2) is 34.3 Å². The predicted octanol–water partition coefficient (Wildman–Crippen LogP) is 3.84. The van der Waals surface area contributed by atoms with Gasteiger partial charge in [0.15, 0.2) is 0 Å². The molecule has 3 aromatic heterocycles. The first kappa shape index (κ1) is 16.8. The summed E-state index contributed by atoms with van der Waals surface area (Å²) in [5.41, 5.74) is 10.8. The summed E-state index contributed by atoms with van der Waals surface area (Å²) in [6.45, 7) is 0. The number of nitrogen functional groups attached to an aromatic ring is 1. The van der Waals surface area contributed by atoms with E-state index in [1.807, 2.05) is 61.6 Å². The van der Waals surface area contributed by atoms with Crippen molar-refractivity contribution in [2.45, 2.75) is 0 Å². The maximum absolute atomic E-state index is 5.79. The minimum Gasteiger partial charge on any atom is -0.384 e. The quantitative estimate of drug-likeness (QED) is 0.580. The van der Waals surface area contributed by atoms with Gasteiger partial charge in [-0.3, -0.25) is 5.10 Å². The second-order valence-electron chi connectivity index (χ2n) is 6.52. The number of nitrogens with two attached hydrogens (primary N) is 1. The number of fused-ring (bicyclic) bond motifs is 1. The summed E-state index contributed by atoms with van der Waals surface area (Å²) < 4.78 is 0. The maximum atomic E-state index is 5.79. The van der Waals surface area contributed by atoms with Gasteiger partial charge in [-0.1, -0.05) is 12.1 Å². The van der Waals surface area contributed by atoms with E-state index in [9.17, 15) is 0 Å². The average Bonchev–Trinajstić information content (AvgIpc) is 3.09. The first-order valence-corrected chi connectivity index (χ1v) is 8.61. The van der Waals surface area contributed by atoms with Crippen LogP contribution in [0.1, 0.15) is 11.3 Å². The van der Waals surface area contributed by atoms with Crippen molar-refractivity contribution in [2.75, 3.05) is 24.7 Å². The molecule has 6 nitrogen and oxygen atoms in total. The smallest absolute Gasteiger partial charge is 0.127 e. The molecule has 0 aliphatic rings. The Morgan fingerprint density at radius 2 is 1.81 bits per heavy atom. The Hall–Kier alpha value is -3.67.